The normalized spacial score (nSPS) is 16.8. The van der Waals surface area contributed by atoms with Gasteiger partial charge in [0, 0.05) is 18.2 Å². The average molecular weight is 486 g/mol. The average Bonchev–Trinajstić information content (AvgIpc) is 3.11. The number of aliphatic hydroxyl groups excluding tert-OH is 1. The van der Waals surface area contributed by atoms with Crippen molar-refractivity contribution in [1.82, 2.24) is 0 Å². The second-order valence-electron chi connectivity index (χ2n) is 8.56. The highest BCUT2D eigenvalue weighted by molar-refractivity contribution is 6.51. The van der Waals surface area contributed by atoms with Crippen LogP contribution in [0.3, 0.4) is 0 Å². The van der Waals surface area contributed by atoms with E-state index in [-0.39, 0.29) is 17.1 Å². The molecule has 7 nitrogen and oxygen atoms in total. The third-order valence-corrected chi connectivity index (χ3v) is 6.09. The predicted molar refractivity (Wildman–Crippen MR) is 136 cm³/mol. The molecule has 1 heterocycles. The number of Topliss-reactive ketones (excluding diaryl/α,β-unsaturated/α-hetero) is 1. The minimum absolute atomic E-state index is 0.0534. The number of ketones is 1. The Balaban J connectivity index is 1.91. The van der Waals surface area contributed by atoms with Crippen molar-refractivity contribution in [3.8, 4) is 11.5 Å². The van der Waals surface area contributed by atoms with E-state index in [4.69, 9.17) is 9.47 Å². The molecule has 36 heavy (non-hydrogen) atoms. The summed E-state index contributed by atoms with van der Waals surface area (Å²) in [5.74, 6) is -1.46. The molecule has 1 amide bonds. The number of aryl methyl sites for hydroxylation is 2. The fourth-order valence-electron chi connectivity index (χ4n) is 4.23. The van der Waals surface area contributed by atoms with Gasteiger partial charge in [0.1, 0.15) is 17.3 Å². The maximum absolute atomic E-state index is 13.4. The van der Waals surface area contributed by atoms with Crippen molar-refractivity contribution in [2.75, 3.05) is 11.5 Å². The van der Waals surface area contributed by atoms with Gasteiger partial charge in [0.05, 0.1) is 18.2 Å². The smallest absolute Gasteiger partial charge is 0.308 e. The number of hydrogen-bond donors (Lipinski definition) is 1. The third-order valence-electron chi connectivity index (χ3n) is 6.09. The Bertz CT molecular complexity index is 1370. The maximum atomic E-state index is 13.4. The lowest BCUT2D eigenvalue weighted by Crippen LogP contribution is -2.29. The SMILES string of the molecule is CCOc1ccc(/C(O)=C2\C(=O)C(=O)N(c3ccc(C)c(C)c3)C2c2cccc(OC(C)=O)c2)cc1. The highest BCUT2D eigenvalue weighted by atomic mass is 16.5. The van der Waals surface area contributed by atoms with Crippen LogP contribution in [0.4, 0.5) is 5.69 Å². The van der Waals surface area contributed by atoms with Gasteiger partial charge in [-0.15, -0.1) is 0 Å². The number of rotatable bonds is 6. The number of carbonyl (C=O) groups is 3. The van der Waals surface area contributed by atoms with Gasteiger partial charge in [0.25, 0.3) is 11.7 Å². The van der Waals surface area contributed by atoms with Crippen molar-refractivity contribution in [2.45, 2.75) is 33.7 Å². The van der Waals surface area contributed by atoms with Crippen LogP contribution in [0.2, 0.25) is 0 Å². The van der Waals surface area contributed by atoms with Gasteiger partial charge in [-0.2, -0.15) is 0 Å². The van der Waals surface area contributed by atoms with Crippen LogP contribution < -0.4 is 14.4 Å². The molecule has 1 fully saturated rings. The zero-order valence-corrected chi connectivity index (χ0v) is 20.6. The van der Waals surface area contributed by atoms with Crippen molar-refractivity contribution in [1.29, 1.82) is 0 Å². The zero-order chi connectivity index (χ0) is 26.0. The summed E-state index contributed by atoms with van der Waals surface area (Å²) in [7, 11) is 0. The number of nitrogens with zero attached hydrogens (tertiary/aromatic N) is 1. The first-order chi connectivity index (χ1) is 17.2. The summed E-state index contributed by atoms with van der Waals surface area (Å²) in [6.07, 6.45) is 0. The summed E-state index contributed by atoms with van der Waals surface area (Å²) in [4.78, 5) is 39.6. The Labute approximate surface area is 209 Å². The van der Waals surface area contributed by atoms with Gasteiger partial charge in [-0.1, -0.05) is 18.2 Å². The molecular weight excluding hydrogens is 458 g/mol. The molecule has 4 rings (SSSR count). The Kier molecular flexibility index (Phi) is 6.92. The molecule has 1 aliphatic heterocycles. The van der Waals surface area contributed by atoms with Gasteiger partial charge < -0.3 is 14.6 Å². The van der Waals surface area contributed by atoms with E-state index in [1.165, 1.54) is 11.8 Å². The summed E-state index contributed by atoms with van der Waals surface area (Å²) >= 11 is 0. The van der Waals surface area contributed by atoms with E-state index in [1.807, 2.05) is 32.9 Å². The Morgan fingerprint density at radius 3 is 2.31 bits per heavy atom. The molecule has 1 saturated heterocycles. The molecule has 0 aliphatic carbocycles. The van der Waals surface area contributed by atoms with E-state index in [9.17, 15) is 19.5 Å². The van der Waals surface area contributed by atoms with Crippen LogP contribution in [0.25, 0.3) is 5.76 Å². The number of carbonyl (C=O) groups excluding carboxylic acids is 3. The van der Waals surface area contributed by atoms with E-state index < -0.39 is 23.7 Å². The molecule has 0 bridgehead atoms. The van der Waals surface area contributed by atoms with Gasteiger partial charge >= 0.3 is 5.97 Å². The number of anilines is 1. The molecule has 3 aromatic rings. The molecule has 3 aromatic carbocycles. The van der Waals surface area contributed by atoms with Gasteiger partial charge in [-0.25, -0.2) is 0 Å². The minimum atomic E-state index is -0.936. The fourth-order valence-corrected chi connectivity index (χ4v) is 4.23. The van der Waals surface area contributed by atoms with Gasteiger partial charge in [0.2, 0.25) is 0 Å². The number of aliphatic hydroxyl groups is 1. The second kappa shape index (κ2) is 10.1. The molecule has 1 N–H and O–H groups in total. The van der Waals surface area contributed by atoms with Crippen molar-refractivity contribution >= 4 is 29.1 Å². The van der Waals surface area contributed by atoms with E-state index in [2.05, 4.69) is 0 Å². The van der Waals surface area contributed by atoms with Crippen molar-refractivity contribution < 1.29 is 29.0 Å². The topological polar surface area (TPSA) is 93.1 Å². The molecule has 0 saturated carbocycles. The highest BCUT2D eigenvalue weighted by Crippen LogP contribution is 2.43. The lowest BCUT2D eigenvalue weighted by Gasteiger charge is -2.26. The van der Waals surface area contributed by atoms with Crippen molar-refractivity contribution in [3.05, 3.63) is 94.6 Å². The fraction of sp³-hybridized carbons (Fsp3) is 0.207. The second-order valence-corrected chi connectivity index (χ2v) is 8.56. The van der Waals surface area contributed by atoms with Crippen LogP contribution in [0.1, 0.15) is 42.1 Å². The molecule has 1 aliphatic rings. The molecule has 7 heteroatoms. The first-order valence-corrected chi connectivity index (χ1v) is 11.6. The van der Waals surface area contributed by atoms with Crippen LogP contribution in [0.5, 0.6) is 11.5 Å². The predicted octanol–water partition coefficient (Wildman–Crippen LogP) is 5.25. The molecule has 0 aromatic heterocycles. The Hall–Kier alpha value is -4.39. The molecule has 0 spiro atoms. The number of ether oxygens (including phenoxy) is 2. The number of benzene rings is 3. The van der Waals surface area contributed by atoms with Crippen LogP contribution in [-0.4, -0.2) is 29.4 Å². The number of esters is 1. The zero-order valence-electron chi connectivity index (χ0n) is 20.6. The molecule has 184 valence electrons. The minimum Gasteiger partial charge on any atom is -0.507 e. The van der Waals surface area contributed by atoms with Crippen LogP contribution in [0.15, 0.2) is 72.3 Å². The van der Waals surface area contributed by atoms with Crippen molar-refractivity contribution in [3.63, 3.8) is 0 Å². The van der Waals surface area contributed by atoms with Crippen molar-refractivity contribution in [2.24, 2.45) is 0 Å². The maximum Gasteiger partial charge on any atom is 0.308 e. The van der Waals surface area contributed by atoms with Gasteiger partial charge in [-0.05, 0) is 86.0 Å². The highest BCUT2D eigenvalue weighted by Gasteiger charge is 2.47. The lowest BCUT2D eigenvalue weighted by atomic mass is 9.94. The van der Waals surface area contributed by atoms with E-state index >= 15 is 0 Å². The van der Waals surface area contributed by atoms with E-state index in [0.717, 1.165) is 11.1 Å². The third kappa shape index (κ3) is 4.73. The Morgan fingerprint density at radius 2 is 1.67 bits per heavy atom. The monoisotopic (exact) mass is 485 g/mol. The summed E-state index contributed by atoms with van der Waals surface area (Å²) in [6, 6.07) is 17.8. The standard InChI is InChI=1S/C29H27NO6/c1-5-35-23-13-10-20(11-14-23)27(32)25-26(21-7-6-8-24(16-21)36-19(4)31)30(29(34)28(25)33)22-12-9-17(2)18(3)15-22/h6-16,26,32H,5H2,1-4H3/b27-25+. The van der Waals surface area contributed by atoms with Gasteiger partial charge in [-0.3, -0.25) is 19.3 Å². The van der Waals surface area contributed by atoms with Gasteiger partial charge in [0.15, 0.2) is 0 Å². The van der Waals surface area contributed by atoms with Crippen LogP contribution in [-0.2, 0) is 14.4 Å². The molecule has 1 atom stereocenters. The molecule has 1 unspecified atom stereocenters. The number of amides is 1. The summed E-state index contributed by atoms with van der Waals surface area (Å²) < 4.78 is 10.7. The molecular formula is C29H27NO6. The summed E-state index contributed by atoms with van der Waals surface area (Å²) in [5.41, 5.74) is 3.35. The number of hydrogen-bond acceptors (Lipinski definition) is 6. The largest absolute Gasteiger partial charge is 0.507 e. The van der Waals surface area contributed by atoms with E-state index in [1.54, 1.807) is 54.6 Å². The van der Waals surface area contributed by atoms with E-state index in [0.29, 0.717) is 29.2 Å². The lowest BCUT2D eigenvalue weighted by molar-refractivity contribution is -0.132. The summed E-state index contributed by atoms with van der Waals surface area (Å²) in [6.45, 7) is 7.53. The van der Waals surface area contributed by atoms with Crippen LogP contribution in [0, 0.1) is 13.8 Å². The quantitative estimate of drug-likeness (QED) is 0.168. The Morgan fingerprint density at radius 1 is 0.944 bits per heavy atom. The first-order valence-electron chi connectivity index (χ1n) is 11.6. The first kappa shape index (κ1) is 24.7. The molecule has 0 radical (unpaired) electrons. The van der Waals surface area contributed by atoms with Crippen LogP contribution >= 0.6 is 0 Å². The summed E-state index contributed by atoms with van der Waals surface area (Å²) in [5, 5.41) is 11.3.